The van der Waals surface area contributed by atoms with E-state index in [-0.39, 0.29) is 10.8 Å². The molecule has 0 bridgehead atoms. The Hall–Kier alpha value is -0.480. The highest BCUT2D eigenvalue weighted by atomic mass is 16.3. The Kier molecular flexibility index (Phi) is 2.24. The van der Waals surface area contributed by atoms with Crippen LogP contribution in [0.3, 0.4) is 0 Å². The number of terminal acetylenes is 1. The predicted octanol–water partition coefficient (Wildman–Crippen LogP) is 2.59. The van der Waals surface area contributed by atoms with Gasteiger partial charge in [-0.3, -0.25) is 0 Å². The minimum atomic E-state index is -0.884. The first-order valence-corrected chi connectivity index (χ1v) is 4.88. The zero-order chi connectivity index (χ0) is 10.3. The summed E-state index contributed by atoms with van der Waals surface area (Å²) in [7, 11) is 0. The molecule has 0 aromatic heterocycles. The Labute approximate surface area is 81.5 Å². The van der Waals surface area contributed by atoms with E-state index in [2.05, 4.69) is 33.6 Å². The van der Waals surface area contributed by atoms with E-state index in [1.54, 1.807) is 0 Å². The molecule has 1 N–H and O–H groups in total. The van der Waals surface area contributed by atoms with Gasteiger partial charge in [0, 0.05) is 0 Å². The maximum atomic E-state index is 10.1. The van der Waals surface area contributed by atoms with Crippen LogP contribution in [0.15, 0.2) is 0 Å². The van der Waals surface area contributed by atoms with Gasteiger partial charge in [0.15, 0.2) is 0 Å². The Morgan fingerprint density at radius 2 is 1.38 bits per heavy atom. The average Bonchev–Trinajstić information content (AvgIpc) is 1.79. The van der Waals surface area contributed by atoms with Crippen LogP contribution in [0.25, 0.3) is 0 Å². The summed E-state index contributed by atoms with van der Waals surface area (Å²) in [5.74, 6) is 2.55. The Morgan fingerprint density at radius 1 is 1.00 bits per heavy atom. The molecule has 0 radical (unpaired) electrons. The Bertz CT molecular complexity index is 226. The van der Waals surface area contributed by atoms with Gasteiger partial charge in [0.25, 0.3) is 0 Å². The van der Waals surface area contributed by atoms with Crippen molar-refractivity contribution in [2.24, 2.45) is 10.8 Å². The van der Waals surface area contributed by atoms with Gasteiger partial charge in [0.1, 0.15) is 5.60 Å². The molecule has 1 aliphatic rings. The van der Waals surface area contributed by atoms with Gasteiger partial charge in [-0.2, -0.15) is 0 Å². The topological polar surface area (TPSA) is 20.2 Å². The third-order valence-corrected chi connectivity index (χ3v) is 2.77. The van der Waals surface area contributed by atoms with Crippen LogP contribution in [-0.4, -0.2) is 10.7 Å². The molecule has 1 heteroatoms. The Balaban J connectivity index is 2.92. The van der Waals surface area contributed by atoms with E-state index >= 15 is 0 Å². The van der Waals surface area contributed by atoms with Crippen LogP contribution in [0.5, 0.6) is 0 Å². The lowest BCUT2D eigenvalue weighted by Gasteiger charge is -2.47. The molecular weight excluding hydrogens is 160 g/mol. The molecule has 0 unspecified atom stereocenters. The molecule has 13 heavy (non-hydrogen) atoms. The van der Waals surface area contributed by atoms with Gasteiger partial charge in [-0.1, -0.05) is 33.6 Å². The van der Waals surface area contributed by atoms with Crippen molar-refractivity contribution < 1.29 is 5.11 Å². The molecule has 1 aliphatic carbocycles. The summed E-state index contributed by atoms with van der Waals surface area (Å²) in [5.41, 5.74) is -0.572. The van der Waals surface area contributed by atoms with Crippen LogP contribution in [-0.2, 0) is 0 Å². The van der Waals surface area contributed by atoms with Gasteiger partial charge in [-0.05, 0) is 30.1 Å². The van der Waals surface area contributed by atoms with Crippen molar-refractivity contribution in [2.45, 2.75) is 52.6 Å². The van der Waals surface area contributed by atoms with Crippen LogP contribution < -0.4 is 0 Å². The lowest BCUT2D eigenvalue weighted by molar-refractivity contribution is -0.0464. The molecule has 0 heterocycles. The summed E-state index contributed by atoms with van der Waals surface area (Å²) in [5, 5.41) is 10.1. The highest BCUT2D eigenvalue weighted by Crippen LogP contribution is 2.49. The van der Waals surface area contributed by atoms with Gasteiger partial charge < -0.3 is 5.11 Å². The van der Waals surface area contributed by atoms with Crippen LogP contribution in [0.4, 0.5) is 0 Å². The highest BCUT2D eigenvalue weighted by Gasteiger charge is 2.45. The molecule has 0 aromatic carbocycles. The van der Waals surface area contributed by atoms with Crippen molar-refractivity contribution in [1.82, 2.24) is 0 Å². The summed E-state index contributed by atoms with van der Waals surface area (Å²) >= 11 is 0. The summed E-state index contributed by atoms with van der Waals surface area (Å²) in [4.78, 5) is 0. The highest BCUT2D eigenvalue weighted by molar-refractivity contribution is 5.13. The molecule has 0 aliphatic heterocycles. The van der Waals surface area contributed by atoms with Crippen molar-refractivity contribution >= 4 is 0 Å². The third-order valence-electron chi connectivity index (χ3n) is 2.77. The molecule has 0 spiro atoms. The number of hydrogen-bond donors (Lipinski definition) is 1. The Morgan fingerprint density at radius 3 is 1.69 bits per heavy atom. The molecule has 1 rings (SSSR count). The predicted molar refractivity (Wildman–Crippen MR) is 55.2 cm³/mol. The summed E-state index contributed by atoms with van der Waals surface area (Å²) in [6, 6.07) is 0. The molecule has 1 saturated carbocycles. The van der Waals surface area contributed by atoms with E-state index in [4.69, 9.17) is 6.42 Å². The minimum absolute atomic E-state index is 0.156. The van der Waals surface area contributed by atoms with Gasteiger partial charge in [0.2, 0.25) is 0 Å². The van der Waals surface area contributed by atoms with Crippen molar-refractivity contribution in [1.29, 1.82) is 0 Å². The maximum absolute atomic E-state index is 10.1. The second kappa shape index (κ2) is 2.75. The molecule has 0 aromatic rings. The van der Waals surface area contributed by atoms with E-state index < -0.39 is 5.60 Å². The fourth-order valence-electron chi connectivity index (χ4n) is 3.17. The molecule has 1 fully saturated rings. The van der Waals surface area contributed by atoms with E-state index in [9.17, 15) is 5.11 Å². The second-order valence-corrected chi connectivity index (χ2v) is 6.03. The zero-order valence-electron chi connectivity index (χ0n) is 9.15. The number of aliphatic hydroxyl groups is 1. The quantitative estimate of drug-likeness (QED) is 0.568. The first-order chi connectivity index (χ1) is 5.68. The van der Waals surface area contributed by atoms with Crippen molar-refractivity contribution in [3.8, 4) is 12.3 Å². The number of hydrogen-bond acceptors (Lipinski definition) is 1. The smallest absolute Gasteiger partial charge is 0.126 e. The second-order valence-electron chi connectivity index (χ2n) is 6.03. The standard InChI is InChI=1S/C12H20O/c1-6-12(13)8-10(2,3)7-11(4,5)9-12/h1,13H,7-9H2,2-5H3. The zero-order valence-corrected chi connectivity index (χ0v) is 9.15. The van der Waals surface area contributed by atoms with E-state index in [0.29, 0.717) is 0 Å². The van der Waals surface area contributed by atoms with E-state index in [1.165, 1.54) is 0 Å². The van der Waals surface area contributed by atoms with Gasteiger partial charge in [0.05, 0.1) is 0 Å². The van der Waals surface area contributed by atoms with Crippen LogP contribution >= 0.6 is 0 Å². The van der Waals surface area contributed by atoms with Gasteiger partial charge in [-0.15, -0.1) is 6.42 Å². The lowest BCUT2D eigenvalue weighted by Crippen LogP contribution is -2.45. The first kappa shape index (κ1) is 10.6. The lowest BCUT2D eigenvalue weighted by atomic mass is 9.60. The van der Waals surface area contributed by atoms with Crippen LogP contribution in [0.1, 0.15) is 47.0 Å². The monoisotopic (exact) mass is 180 g/mol. The molecule has 74 valence electrons. The largest absolute Gasteiger partial charge is 0.378 e. The van der Waals surface area contributed by atoms with E-state index in [0.717, 1.165) is 19.3 Å². The van der Waals surface area contributed by atoms with Crippen LogP contribution in [0, 0.1) is 23.2 Å². The third kappa shape index (κ3) is 2.48. The average molecular weight is 180 g/mol. The molecule has 0 saturated heterocycles. The molecule has 0 atom stereocenters. The van der Waals surface area contributed by atoms with Crippen molar-refractivity contribution in [2.75, 3.05) is 0 Å². The van der Waals surface area contributed by atoms with Crippen LogP contribution in [0.2, 0.25) is 0 Å². The SMILES string of the molecule is C#CC1(O)CC(C)(C)CC(C)(C)C1. The number of rotatable bonds is 0. The van der Waals surface area contributed by atoms with E-state index in [1.807, 2.05) is 0 Å². The summed E-state index contributed by atoms with van der Waals surface area (Å²) < 4.78 is 0. The van der Waals surface area contributed by atoms with Gasteiger partial charge >= 0.3 is 0 Å². The normalized spacial score (nSPS) is 29.2. The minimum Gasteiger partial charge on any atom is -0.378 e. The van der Waals surface area contributed by atoms with Crippen molar-refractivity contribution in [3.05, 3.63) is 0 Å². The first-order valence-electron chi connectivity index (χ1n) is 4.88. The summed E-state index contributed by atoms with van der Waals surface area (Å²) in [6.07, 6.45) is 7.95. The summed E-state index contributed by atoms with van der Waals surface area (Å²) in [6.45, 7) is 8.71. The molecule has 0 amide bonds. The van der Waals surface area contributed by atoms with Gasteiger partial charge in [-0.25, -0.2) is 0 Å². The molecule has 1 nitrogen and oxygen atoms in total. The maximum Gasteiger partial charge on any atom is 0.126 e. The van der Waals surface area contributed by atoms with Crippen molar-refractivity contribution in [3.63, 3.8) is 0 Å². The fourth-order valence-corrected chi connectivity index (χ4v) is 3.17. The fraction of sp³-hybridized carbons (Fsp3) is 0.833. The molecular formula is C12H20O.